The summed E-state index contributed by atoms with van der Waals surface area (Å²) in [5.41, 5.74) is 1.46. The maximum absolute atomic E-state index is 13.2. The standard InChI is InChI=1S/C17H20FN3O3/c1-24-17(23)13-9-19-5-4-14(13)21-16(22)6-10-8-20-15-7-11(18)2-3-12(10)15/h2-3,7-8,13-14,19-20H,4-6,9H2,1H3,(H,21,22). The topological polar surface area (TPSA) is 83.2 Å². The van der Waals surface area contributed by atoms with Gasteiger partial charge in [0.1, 0.15) is 5.82 Å². The molecule has 6 nitrogen and oxygen atoms in total. The number of hydrogen-bond donors (Lipinski definition) is 3. The molecule has 3 N–H and O–H groups in total. The van der Waals surface area contributed by atoms with Crippen LogP contribution in [-0.2, 0) is 20.7 Å². The molecular weight excluding hydrogens is 313 g/mol. The summed E-state index contributed by atoms with van der Waals surface area (Å²) in [5, 5.41) is 6.89. The van der Waals surface area contributed by atoms with E-state index in [-0.39, 0.29) is 36.1 Å². The Hall–Kier alpha value is -2.41. The second-order valence-corrected chi connectivity index (χ2v) is 5.98. The quantitative estimate of drug-likeness (QED) is 0.732. The molecule has 1 aliphatic heterocycles. The molecule has 0 spiro atoms. The van der Waals surface area contributed by atoms with Crippen LogP contribution < -0.4 is 10.6 Å². The number of carbonyl (C=O) groups is 2. The Labute approximate surface area is 138 Å². The first kappa shape index (κ1) is 16.4. The van der Waals surface area contributed by atoms with Gasteiger partial charge in [0, 0.05) is 29.7 Å². The molecule has 128 valence electrons. The van der Waals surface area contributed by atoms with Crippen molar-refractivity contribution in [1.82, 2.24) is 15.6 Å². The predicted molar refractivity (Wildman–Crippen MR) is 86.9 cm³/mol. The minimum atomic E-state index is -0.384. The third kappa shape index (κ3) is 3.41. The van der Waals surface area contributed by atoms with E-state index in [0.29, 0.717) is 18.5 Å². The minimum absolute atomic E-state index is 0.166. The molecule has 2 atom stereocenters. The van der Waals surface area contributed by atoms with Crippen molar-refractivity contribution in [3.63, 3.8) is 0 Å². The Balaban J connectivity index is 1.68. The Morgan fingerprint density at radius 3 is 3.04 bits per heavy atom. The molecule has 2 unspecified atom stereocenters. The number of carbonyl (C=O) groups excluding carboxylic acids is 2. The zero-order chi connectivity index (χ0) is 17.1. The van der Waals surface area contributed by atoms with Crippen LogP contribution in [0.1, 0.15) is 12.0 Å². The van der Waals surface area contributed by atoms with Gasteiger partial charge >= 0.3 is 5.97 Å². The molecule has 1 saturated heterocycles. The van der Waals surface area contributed by atoms with Gasteiger partial charge in [0.15, 0.2) is 0 Å². The van der Waals surface area contributed by atoms with Crippen LogP contribution in [0.25, 0.3) is 10.9 Å². The van der Waals surface area contributed by atoms with Crippen molar-refractivity contribution in [3.05, 3.63) is 35.8 Å². The summed E-state index contributed by atoms with van der Waals surface area (Å²) in [4.78, 5) is 27.2. The van der Waals surface area contributed by atoms with Crippen molar-refractivity contribution in [2.45, 2.75) is 18.9 Å². The van der Waals surface area contributed by atoms with Crippen LogP contribution in [0.2, 0.25) is 0 Å². The minimum Gasteiger partial charge on any atom is -0.469 e. The van der Waals surface area contributed by atoms with Gasteiger partial charge in [-0.1, -0.05) is 0 Å². The van der Waals surface area contributed by atoms with Gasteiger partial charge in [-0.3, -0.25) is 9.59 Å². The number of amides is 1. The van der Waals surface area contributed by atoms with Gasteiger partial charge < -0.3 is 20.4 Å². The smallest absolute Gasteiger partial charge is 0.312 e. The lowest BCUT2D eigenvalue weighted by molar-refractivity contribution is -0.147. The Bertz CT molecular complexity index is 759. The number of fused-ring (bicyclic) bond motifs is 1. The van der Waals surface area contributed by atoms with E-state index in [1.165, 1.54) is 19.2 Å². The fraction of sp³-hybridized carbons (Fsp3) is 0.412. The summed E-state index contributed by atoms with van der Waals surface area (Å²) < 4.78 is 18.0. The number of piperidine rings is 1. The Morgan fingerprint density at radius 1 is 1.42 bits per heavy atom. The fourth-order valence-electron chi connectivity index (χ4n) is 3.17. The lowest BCUT2D eigenvalue weighted by Gasteiger charge is -2.30. The summed E-state index contributed by atoms with van der Waals surface area (Å²) in [5.74, 6) is -1.20. The highest BCUT2D eigenvalue weighted by Crippen LogP contribution is 2.20. The van der Waals surface area contributed by atoms with Crippen LogP contribution in [0.3, 0.4) is 0 Å². The maximum atomic E-state index is 13.2. The van der Waals surface area contributed by atoms with E-state index in [9.17, 15) is 14.0 Å². The molecule has 2 heterocycles. The number of aromatic amines is 1. The molecule has 3 rings (SSSR count). The van der Waals surface area contributed by atoms with Crippen molar-refractivity contribution < 1.29 is 18.7 Å². The number of aromatic nitrogens is 1. The fourth-order valence-corrected chi connectivity index (χ4v) is 3.17. The van der Waals surface area contributed by atoms with Crippen molar-refractivity contribution in [1.29, 1.82) is 0 Å². The van der Waals surface area contributed by atoms with Gasteiger partial charge in [-0.15, -0.1) is 0 Å². The second kappa shape index (κ2) is 7.00. The third-order valence-electron chi connectivity index (χ3n) is 4.41. The number of hydrogen-bond acceptors (Lipinski definition) is 4. The Morgan fingerprint density at radius 2 is 2.25 bits per heavy atom. The van der Waals surface area contributed by atoms with Crippen LogP contribution >= 0.6 is 0 Å². The van der Waals surface area contributed by atoms with Crippen LogP contribution in [-0.4, -0.2) is 43.1 Å². The van der Waals surface area contributed by atoms with Crippen LogP contribution in [0.4, 0.5) is 4.39 Å². The average molecular weight is 333 g/mol. The molecular formula is C17H20FN3O3. The van der Waals surface area contributed by atoms with E-state index in [2.05, 4.69) is 15.6 Å². The molecule has 24 heavy (non-hydrogen) atoms. The van der Waals surface area contributed by atoms with Crippen LogP contribution in [0.5, 0.6) is 0 Å². The van der Waals surface area contributed by atoms with Gasteiger partial charge in [-0.05, 0) is 36.7 Å². The van der Waals surface area contributed by atoms with Crippen molar-refractivity contribution >= 4 is 22.8 Å². The van der Waals surface area contributed by atoms with Gasteiger partial charge in [0.05, 0.1) is 19.4 Å². The number of ether oxygens (including phenoxy) is 1. The normalized spacial score (nSPS) is 20.8. The van der Waals surface area contributed by atoms with E-state index in [0.717, 1.165) is 17.5 Å². The van der Waals surface area contributed by atoms with E-state index in [4.69, 9.17) is 4.74 Å². The molecule has 1 aromatic heterocycles. The van der Waals surface area contributed by atoms with Crippen molar-refractivity contribution in [2.75, 3.05) is 20.2 Å². The first-order valence-electron chi connectivity index (χ1n) is 7.92. The molecule has 1 fully saturated rings. The lowest BCUT2D eigenvalue weighted by atomic mass is 9.93. The van der Waals surface area contributed by atoms with Crippen LogP contribution in [0.15, 0.2) is 24.4 Å². The molecule has 0 saturated carbocycles. The first-order chi connectivity index (χ1) is 11.6. The largest absolute Gasteiger partial charge is 0.469 e. The van der Waals surface area contributed by atoms with E-state index < -0.39 is 0 Å². The average Bonchev–Trinajstić information content (AvgIpc) is 2.96. The van der Waals surface area contributed by atoms with Gasteiger partial charge in [-0.2, -0.15) is 0 Å². The molecule has 1 amide bonds. The predicted octanol–water partition coefficient (Wildman–Crippen LogP) is 1.12. The number of halogens is 1. The van der Waals surface area contributed by atoms with E-state index >= 15 is 0 Å². The number of methoxy groups -OCH3 is 1. The van der Waals surface area contributed by atoms with E-state index in [1.807, 2.05) is 0 Å². The van der Waals surface area contributed by atoms with Gasteiger partial charge in [-0.25, -0.2) is 4.39 Å². The molecule has 0 radical (unpaired) electrons. The van der Waals surface area contributed by atoms with Crippen LogP contribution in [0, 0.1) is 11.7 Å². The summed E-state index contributed by atoms with van der Waals surface area (Å²) in [6, 6.07) is 4.19. The van der Waals surface area contributed by atoms with Crippen molar-refractivity contribution in [2.24, 2.45) is 5.92 Å². The number of nitrogens with one attached hydrogen (secondary N) is 3. The molecule has 0 aliphatic carbocycles. The third-order valence-corrected chi connectivity index (χ3v) is 4.41. The first-order valence-corrected chi connectivity index (χ1v) is 7.92. The lowest BCUT2D eigenvalue weighted by Crippen LogP contribution is -2.52. The van der Waals surface area contributed by atoms with Crippen molar-refractivity contribution in [3.8, 4) is 0 Å². The Kier molecular flexibility index (Phi) is 4.80. The monoisotopic (exact) mass is 333 g/mol. The second-order valence-electron chi connectivity index (χ2n) is 5.98. The molecule has 2 aromatic rings. The molecule has 0 bridgehead atoms. The SMILES string of the molecule is COC(=O)C1CNCCC1NC(=O)Cc1c[nH]c2cc(F)ccc12. The number of esters is 1. The molecule has 7 heteroatoms. The number of benzene rings is 1. The summed E-state index contributed by atoms with van der Waals surface area (Å²) in [6.07, 6.45) is 2.55. The number of rotatable bonds is 4. The summed E-state index contributed by atoms with van der Waals surface area (Å²) >= 11 is 0. The highest BCUT2D eigenvalue weighted by atomic mass is 19.1. The summed E-state index contributed by atoms with van der Waals surface area (Å²) in [6.45, 7) is 1.23. The van der Waals surface area contributed by atoms with Gasteiger partial charge in [0.2, 0.25) is 5.91 Å². The zero-order valence-electron chi connectivity index (χ0n) is 13.4. The number of H-pyrrole nitrogens is 1. The summed E-state index contributed by atoms with van der Waals surface area (Å²) in [7, 11) is 1.35. The highest BCUT2D eigenvalue weighted by Gasteiger charge is 2.32. The van der Waals surface area contributed by atoms with Gasteiger partial charge in [0.25, 0.3) is 0 Å². The molecule has 1 aromatic carbocycles. The molecule has 1 aliphatic rings. The van der Waals surface area contributed by atoms with E-state index in [1.54, 1.807) is 12.3 Å². The zero-order valence-corrected chi connectivity index (χ0v) is 13.4. The maximum Gasteiger partial charge on any atom is 0.312 e. The highest BCUT2D eigenvalue weighted by molar-refractivity contribution is 5.89.